The van der Waals surface area contributed by atoms with Crippen LogP contribution in [0.3, 0.4) is 0 Å². The molecule has 4 heteroatoms. The minimum Gasteiger partial charge on any atom is -0.316 e. The molecule has 2 rings (SSSR count). The summed E-state index contributed by atoms with van der Waals surface area (Å²) in [5.41, 5.74) is 0.651. The monoisotopic (exact) mass is 291 g/mol. The van der Waals surface area contributed by atoms with Gasteiger partial charge in [-0.15, -0.1) is 0 Å². The average Bonchev–Trinajstić information content (AvgIpc) is 2.26. The summed E-state index contributed by atoms with van der Waals surface area (Å²) in [7, 11) is 0. The first-order valence-corrected chi connectivity index (χ1v) is 6.21. The average molecular weight is 293 g/mol. The molecular formula is C11H12BrClFN. The summed E-state index contributed by atoms with van der Waals surface area (Å²) >= 11 is 9.24. The first-order chi connectivity index (χ1) is 7.20. The molecule has 1 aliphatic rings. The molecule has 0 bridgehead atoms. The molecule has 0 radical (unpaired) electrons. The van der Waals surface area contributed by atoms with Crippen molar-refractivity contribution in [3.63, 3.8) is 0 Å². The molecule has 1 atom stereocenters. The fourth-order valence-corrected chi connectivity index (χ4v) is 2.66. The van der Waals surface area contributed by atoms with E-state index < -0.39 is 0 Å². The number of hydrogen-bond donors (Lipinski definition) is 1. The van der Waals surface area contributed by atoms with Crippen molar-refractivity contribution in [1.29, 1.82) is 0 Å². The Labute approximate surface area is 102 Å². The predicted molar refractivity (Wildman–Crippen MR) is 64.0 cm³/mol. The molecule has 0 amide bonds. The SMILES string of the molecule is Fc1c(Br)ccc(Cl)c1C1CCCNC1. The van der Waals surface area contributed by atoms with E-state index in [0.29, 0.717) is 15.1 Å². The van der Waals surface area contributed by atoms with E-state index in [9.17, 15) is 4.39 Å². The summed E-state index contributed by atoms with van der Waals surface area (Å²) in [4.78, 5) is 0. The third-order valence-corrected chi connectivity index (χ3v) is 3.73. The van der Waals surface area contributed by atoms with Gasteiger partial charge in [0.2, 0.25) is 0 Å². The highest BCUT2D eigenvalue weighted by Gasteiger charge is 2.22. The van der Waals surface area contributed by atoms with Crippen LogP contribution in [0.25, 0.3) is 0 Å². The Morgan fingerprint density at radius 1 is 1.47 bits per heavy atom. The number of piperidine rings is 1. The fourth-order valence-electron chi connectivity index (χ4n) is 2.02. The lowest BCUT2D eigenvalue weighted by Gasteiger charge is -2.24. The van der Waals surface area contributed by atoms with Crippen molar-refractivity contribution in [3.8, 4) is 0 Å². The van der Waals surface area contributed by atoms with E-state index in [2.05, 4.69) is 21.2 Å². The summed E-state index contributed by atoms with van der Waals surface area (Å²) < 4.78 is 14.4. The molecule has 1 aromatic carbocycles. The smallest absolute Gasteiger partial charge is 0.142 e. The quantitative estimate of drug-likeness (QED) is 0.778. The zero-order valence-electron chi connectivity index (χ0n) is 8.19. The third kappa shape index (κ3) is 2.35. The van der Waals surface area contributed by atoms with Crippen LogP contribution in [0, 0.1) is 5.82 Å². The number of benzene rings is 1. The summed E-state index contributed by atoms with van der Waals surface area (Å²) in [6, 6.07) is 3.40. The first-order valence-electron chi connectivity index (χ1n) is 5.04. The van der Waals surface area contributed by atoms with Gasteiger partial charge in [0, 0.05) is 23.0 Å². The van der Waals surface area contributed by atoms with Gasteiger partial charge >= 0.3 is 0 Å². The van der Waals surface area contributed by atoms with Gasteiger partial charge in [-0.1, -0.05) is 11.6 Å². The topological polar surface area (TPSA) is 12.0 Å². The fraction of sp³-hybridized carbons (Fsp3) is 0.455. The summed E-state index contributed by atoms with van der Waals surface area (Å²) in [6.07, 6.45) is 2.08. The van der Waals surface area contributed by atoms with E-state index in [1.54, 1.807) is 12.1 Å². The lowest BCUT2D eigenvalue weighted by atomic mass is 9.91. The maximum absolute atomic E-state index is 13.9. The van der Waals surface area contributed by atoms with E-state index in [0.717, 1.165) is 25.9 Å². The van der Waals surface area contributed by atoms with Crippen molar-refractivity contribution in [1.82, 2.24) is 5.32 Å². The van der Waals surface area contributed by atoms with Gasteiger partial charge in [0.15, 0.2) is 0 Å². The van der Waals surface area contributed by atoms with Crippen molar-refractivity contribution in [3.05, 3.63) is 33.0 Å². The van der Waals surface area contributed by atoms with Gasteiger partial charge in [-0.25, -0.2) is 4.39 Å². The number of rotatable bonds is 1. The van der Waals surface area contributed by atoms with Gasteiger partial charge in [0.05, 0.1) is 4.47 Å². The molecule has 15 heavy (non-hydrogen) atoms. The van der Waals surface area contributed by atoms with Crippen molar-refractivity contribution in [2.45, 2.75) is 18.8 Å². The molecule has 0 aromatic heterocycles. The number of hydrogen-bond acceptors (Lipinski definition) is 1. The lowest BCUT2D eigenvalue weighted by molar-refractivity contribution is 0.446. The van der Waals surface area contributed by atoms with Crippen molar-refractivity contribution in [2.24, 2.45) is 0 Å². The van der Waals surface area contributed by atoms with Crippen LogP contribution in [0.2, 0.25) is 5.02 Å². The van der Waals surface area contributed by atoms with E-state index in [-0.39, 0.29) is 11.7 Å². The van der Waals surface area contributed by atoms with Gasteiger partial charge in [-0.3, -0.25) is 0 Å². The molecule has 1 aromatic rings. The normalized spacial score (nSPS) is 21.7. The van der Waals surface area contributed by atoms with Crippen LogP contribution in [0.1, 0.15) is 24.3 Å². The Kier molecular flexibility index (Phi) is 3.65. The molecule has 1 nitrogen and oxygen atoms in total. The Balaban J connectivity index is 2.36. The first kappa shape index (κ1) is 11.4. The minimum absolute atomic E-state index is 0.198. The molecule has 1 saturated heterocycles. The molecule has 1 N–H and O–H groups in total. The van der Waals surface area contributed by atoms with Crippen molar-refractivity contribution >= 4 is 27.5 Å². The molecule has 1 fully saturated rings. The second-order valence-corrected chi connectivity index (χ2v) is 5.06. The zero-order valence-corrected chi connectivity index (χ0v) is 10.5. The van der Waals surface area contributed by atoms with Gasteiger partial charge in [0.1, 0.15) is 5.82 Å². The second-order valence-electron chi connectivity index (χ2n) is 3.80. The summed E-state index contributed by atoms with van der Waals surface area (Å²) in [5.74, 6) is -0.0139. The molecule has 1 heterocycles. The van der Waals surface area contributed by atoms with Gasteiger partial charge in [-0.2, -0.15) is 0 Å². The Morgan fingerprint density at radius 2 is 2.27 bits per heavy atom. The standard InChI is InChI=1S/C11H12BrClFN/c12-8-3-4-9(13)10(11(8)14)7-2-1-5-15-6-7/h3-4,7,15H,1-2,5-6H2. The number of nitrogens with one attached hydrogen (secondary N) is 1. The predicted octanol–water partition coefficient (Wildman–Crippen LogP) is 3.71. The Morgan fingerprint density at radius 3 is 2.93 bits per heavy atom. The molecule has 0 aliphatic carbocycles. The third-order valence-electron chi connectivity index (χ3n) is 2.78. The number of halogens is 3. The lowest BCUT2D eigenvalue weighted by Crippen LogP contribution is -2.29. The molecular weight excluding hydrogens is 280 g/mol. The summed E-state index contributed by atoms with van der Waals surface area (Å²) in [6.45, 7) is 1.83. The molecule has 0 spiro atoms. The van der Waals surface area contributed by atoms with E-state index in [1.165, 1.54) is 0 Å². The van der Waals surface area contributed by atoms with Gasteiger partial charge < -0.3 is 5.32 Å². The van der Waals surface area contributed by atoms with E-state index in [4.69, 9.17) is 11.6 Å². The van der Waals surface area contributed by atoms with Crippen LogP contribution >= 0.6 is 27.5 Å². The van der Waals surface area contributed by atoms with Crippen LogP contribution in [0.5, 0.6) is 0 Å². The molecule has 1 aliphatic heterocycles. The largest absolute Gasteiger partial charge is 0.316 e. The Bertz CT molecular complexity index is 364. The Hall–Kier alpha value is -0.120. The van der Waals surface area contributed by atoms with E-state index in [1.807, 2.05) is 0 Å². The highest BCUT2D eigenvalue weighted by Crippen LogP contribution is 2.34. The molecule has 1 unspecified atom stereocenters. The molecule has 82 valence electrons. The van der Waals surface area contributed by atoms with Crippen LogP contribution in [-0.2, 0) is 0 Å². The van der Waals surface area contributed by atoms with Crippen molar-refractivity contribution < 1.29 is 4.39 Å². The van der Waals surface area contributed by atoms with E-state index >= 15 is 0 Å². The van der Waals surface area contributed by atoms with Crippen LogP contribution in [0.4, 0.5) is 4.39 Å². The van der Waals surface area contributed by atoms with Crippen LogP contribution in [-0.4, -0.2) is 13.1 Å². The van der Waals surface area contributed by atoms with Crippen molar-refractivity contribution in [2.75, 3.05) is 13.1 Å². The van der Waals surface area contributed by atoms with Crippen LogP contribution < -0.4 is 5.32 Å². The second kappa shape index (κ2) is 4.81. The summed E-state index contributed by atoms with van der Waals surface area (Å²) in [5, 5.41) is 3.80. The highest BCUT2D eigenvalue weighted by atomic mass is 79.9. The minimum atomic E-state index is -0.212. The van der Waals surface area contributed by atoms with Gasteiger partial charge in [-0.05, 0) is 47.4 Å². The molecule has 0 saturated carbocycles. The van der Waals surface area contributed by atoms with Crippen LogP contribution in [0.15, 0.2) is 16.6 Å². The zero-order chi connectivity index (χ0) is 10.8. The highest BCUT2D eigenvalue weighted by molar-refractivity contribution is 9.10. The maximum atomic E-state index is 13.9. The maximum Gasteiger partial charge on any atom is 0.142 e. The van der Waals surface area contributed by atoms with Gasteiger partial charge in [0.25, 0.3) is 0 Å².